The molecular weight excluding hydrogens is 448 g/mol. The molecular formula is C30H38N4O2. The van der Waals surface area contributed by atoms with Crippen LogP contribution in [0.15, 0.2) is 54.6 Å². The molecule has 1 aliphatic carbocycles. The van der Waals surface area contributed by atoms with Crippen LogP contribution in [0.3, 0.4) is 0 Å². The van der Waals surface area contributed by atoms with Gasteiger partial charge in [0.15, 0.2) is 0 Å². The summed E-state index contributed by atoms with van der Waals surface area (Å²) in [6.07, 6.45) is 12.8. The number of allylic oxidation sites excluding steroid dienone is 5. The summed E-state index contributed by atoms with van der Waals surface area (Å²) >= 11 is 0. The van der Waals surface area contributed by atoms with Gasteiger partial charge >= 0.3 is 5.97 Å². The summed E-state index contributed by atoms with van der Waals surface area (Å²) in [6, 6.07) is 8.83. The van der Waals surface area contributed by atoms with Crippen LogP contribution in [0, 0.1) is 11.8 Å². The lowest BCUT2D eigenvalue weighted by atomic mass is 9.91. The topological polar surface area (TPSA) is 72.5 Å². The molecule has 2 N–H and O–H groups in total. The number of benzene rings is 1. The molecule has 2 aliphatic rings. The zero-order valence-electron chi connectivity index (χ0n) is 21.7. The number of hydrogen-bond acceptors (Lipinski definition) is 4. The van der Waals surface area contributed by atoms with Crippen molar-refractivity contribution in [3.05, 3.63) is 76.7 Å². The number of aliphatic carboxylic acids is 1. The lowest BCUT2D eigenvalue weighted by Gasteiger charge is -2.36. The van der Waals surface area contributed by atoms with Crippen molar-refractivity contribution < 1.29 is 9.90 Å². The summed E-state index contributed by atoms with van der Waals surface area (Å²) in [6.45, 7) is 14.0. The van der Waals surface area contributed by atoms with Gasteiger partial charge < -0.3 is 15.0 Å². The van der Waals surface area contributed by atoms with Crippen molar-refractivity contribution in [3.8, 4) is 0 Å². The average Bonchev–Trinajstić information content (AvgIpc) is 3.25. The molecule has 1 aromatic carbocycles. The van der Waals surface area contributed by atoms with E-state index in [1.54, 1.807) is 6.92 Å². The molecule has 2 aromatic rings. The van der Waals surface area contributed by atoms with Crippen LogP contribution < -0.4 is 15.6 Å². The number of nitrogens with zero attached hydrogens (tertiary/aromatic N) is 3. The smallest absolute Gasteiger partial charge is 0.307 e. The van der Waals surface area contributed by atoms with Gasteiger partial charge in [-0.15, -0.1) is 0 Å². The normalized spacial score (nSPS) is 20.5. The Balaban J connectivity index is 1.32. The van der Waals surface area contributed by atoms with Gasteiger partial charge in [-0.3, -0.25) is 9.69 Å². The summed E-state index contributed by atoms with van der Waals surface area (Å²) < 4.78 is 0. The van der Waals surface area contributed by atoms with Crippen LogP contribution in [0.2, 0.25) is 0 Å². The molecule has 190 valence electrons. The molecule has 0 bridgehead atoms. The fraction of sp³-hybridized carbons (Fsp3) is 0.400. The first-order chi connectivity index (χ1) is 17.3. The largest absolute Gasteiger partial charge is 0.481 e. The second-order valence-corrected chi connectivity index (χ2v) is 10.1. The van der Waals surface area contributed by atoms with Crippen molar-refractivity contribution in [2.75, 3.05) is 37.6 Å². The SMILES string of the molecule is C=C(C)/C=c1/[nH]c(CC2C=CC(c3ccc(N4CCN(C[C@H](C)C(=O)O)CC4)cc3)=CC2)n/c1=C/C. The number of rotatable bonds is 8. The average molecular weight is 487 g/mol. The van der Waals surface area contributed by atoms with Crippen molar-refractivity contribution >= 4 is 29.4 Å². The summed E-state index contributed by atoms with van der Waals surface area (Å²) in [4.78, 5) is 24.0. The van der Waals surface area contributed by atoms with E-state index in [2.05, 4.69) is 63.9 Å². The fourth-order valence-corrected chi connectivity index (χ4v) is 4.92. The van der Waals surface area contributed by atoms with E-state index < -0.39 is 5.97 Å². The predicted molar refractivity (Wildman–Crippen MR) is 148 cm³/mol. The molecule has 1 aromatic heterocycles. The number of anilines is 1. The Hall–Kier alpha value is -3.38. The van der Waals surface area contributed by atoms with E-state index in [4.69, 9.17) is 10.1 Å². The van der Waals surface area contributed by atoms with Gasteiger partial charge in [-0.1, -0.05) is 55.5 Å². The van der Waals surface area contributed by atoms with Crippen LogP contribution in [-0.2, 0) is 11.2 Å². The molecule has 1 unspecified atom stereocenters. The van der Waals surface area contributed by atoms with Crippen molar-refractivity contribution in [2.45, 2.75) is 33.6 Å². The maximum atomic E-state index is 11.1. The van der Waals surface area contributed by atoms with Crippen LogP contribution in [0.1, 0.15) is 38.6 Å². The van der Waals surface area contributed by atoms with E-state index in [-0.39, 0.29) is 5.92 Å². The highest BCUT2D eigenvalue weighted by Gasteiger charge is 2.21. The summed E-state index contributed by atoms with van der Waals surface area (Å²) in [5.74, 6) is 0.406. The minimum Gasteiger partial charge on any atom is -0.481 e. The number of H-pyrrole nitrogens is 1. The highest BCUT2D eigenvalue weighted by molar-refractivity contribution is 5.76. The Morgan fingerprint density at radius 3 is 2.56 bits per heavy atom. The highest BCUT2D eigenvalue weighted by Crippen LogP contribution is 2.27. The second kappa shape index (κ2) is 11.6. The van der Waals surface area contributed by atoms with Gasteiger partial charge in [-0.2, -0.15) is 0 Å². The van der Waals surface area contributed by atoms with Gasteiger partial charge in [-0.25, -0.2) is 4.98 Å². The van der Waals surface area contributed by atoms with E-state index in [0.29, 0.717) is 12.5 Å². The monoisotopic (exact) mass is 486 g/mol. The molecule has 0 spiro atoms. The summed E-state index contributed by atoms with van der Waals surface area (Å²) in [5, 5.41) is 11.2. The van der Waals surface area contributed by atoms with Crippen molar-refractivity contribution in [2.24, 2.45) is 11.8 Å². The number of piperazine rings is 1. The number of carboxylic acids is 1. The van der Waals surface area contributed by atoms with Crippen LogP contribution in [0.4, 0.5) is 5.69 Å². The van der Waals surface area contributed by atoms with Gasteiger partial charge in [0.25, 0.3) is 0 Å². The predicted octanol–water partition coefficient (Wildman–Crippen LogP) is 3.61. The zero-order chi connectivity index (χ0) is 25.7. The molecule has 2 heterocycles. The van der Waals surface area contributed by atoms with Crippen molar-refractivity contribution in [1.82, 2.24) is 14.9 Å². The molecule has 1 saturated heterocycles. The van der Waals surface area contributed by atoms with E-state index in [0.717, 1.165) is 61.1 Å². The number of aromatic amines is 1. The Morgan fingerprint density at radius 2 is 1.97 bits per heavy atom. The third-order valence-corrected chi connectivity index (χ3v) is 7.01. The summed E-state index contributed by atoms with van der Waals surface area (Å²) in [5.41, 5.74) is 4.74. The van der Waals surface area contributed by atoms with Gasteiger partial charge in [0, 0.05) is 44.8 Å². The Bertz CT molecular complexity index is 1260. The lowest BCUT2D eigenvalue weighted by Crippen LogP contribution is -2.48. The standard InChI is InChI=1S/C30H38N4O2/c1-5-27-28(18-21(2)3)32-29(31-27)19-23-6-8-24(9-7-23)25-10-12-26(13-11-25)34-16-14-33(15-17-34)20-22(4)30(35)36/h5-6,8-13,18,22-23H,2,7,14-17,19-20H2,1,3-4H3,(H,31,32)(H,35,36)/b27-5+,28-18+/t22-,23?/m0/s1. The van der Waals surface area contributed by atoms with E-state index in [1.165, 1.54) is 16.8 Å². The quantitative estimate of drug-likeness (QED) is 0.597. The van der Waals surface area contributed by atoms with Crippen molar-refractivity contribution in [3.63, 3.8) is 0 Å². The summed E-state index contributed by atoms with van der Waals surface area (Å²) in [7, 11) is 0. The third kappa shape index (κ3) is 6.43. The molecule has 0 radical (unpaired) electrons. The molecule has 36 heavy (non-hydrogen) atoms. The number of carbonyl (C=O) groups is 1. The zero-order valence-corrected chi connectivity index (χ0v) is 21.7. The molecule has 4 rings (SSSR count). The Morgan fingerprint density at radius 1 is 1.25 bits per heavy atom. The molecule has 6 nitrogen and oxygen atoms in total. The highest BCUT2D eigenvalue weighted by atomic mass is 16.4. The van der Waals surface area contributed by atoms with E-state index in [9.17, 15) is 4.79 Å². The first-order valence-corrected chi connectivity index (χ1v) is 12.9. The molecule has 0 saturated carbocycles. The van der Waals surface area contributed by atoms with Gasteiger partial charge in [0.1, 0.15) is 5.82 Å². The van der Waals surface area contributed by atoms with E-state index in [1.807, 2.05) is 26.0 Å². The van der Waals surface area contributed by atoms with Gasteiger partial charge in [-0.05, 0) is 55.5 Å². The van der Waals surface area contributed by atoms with Crippen LogP contribution >= 0.6 is 0 Å². The Labute approximate surface area is 214 Å². The first kappa shape index (κ1) is 25.7. The van der Waals surface area contributed by atoms with Gasteiger partial charge in [0.2, 0.25) is 0 Å². The second-order valence-electron chi connectivity index (χ2n) is 10.1. The van der Waals surface area contributed by atoms with Crippen molar-refractivity contribution in [1.29, 1.82) is 0 Å². The first-order valence-electron chi connectivity index (χ1n) is 12.9. The number of aromatic nitrogens is 2. The lowest BCUT2D eigenvalue weighted by molar-refractivity contribution is -0.141. The molecule has 1 fully saturated rings. The minimum atomic E-state index is -0.720. The molecule has 1 aliphatic heterocycles. The maximum Gasteiger partial charge on any atom is 0.307 e. The van der Waals surface area contributed by atoms with Crippen LogP contribution in [0.5, 0.6) is 0 Å². The fourth-order valence-electron chi connectivity index (χ4n) is 4.92. The van der Waals surface area contributed by atoms with Crippen LogP contribution in [-0.4, -0.2) is 58.7 Å². The number of imidazole rings is 1. The van der Waals surface area contributed by atoms with E-state index >= 15 is 0 Å². The molecule has 0 amide bonds. The number of carboxylic acid groups (broad SMARTS) is 1. The van der Waals surface area contributed by atoms with Gasteiger partial charge in [0.05, 0.1) is 16.6 Å². The molecule has 6 heteroatoms. The number of nitrogens with one attached hydrogen (secondary N) is 1. The number of hydrogen-bond donors (Lipinski definition) is 2. The maximum absolute atomic E-state index is 11.1. The Kier molecular flexibility index (Phi) is 8.26. The minimum absolute atomic E-state index is 0.323. The van der Waals surface area contributed by atoms with Crippen LogP contribution in [0.25, 0.3) is 17.7 Å². The third-order valence-electron chi connectivity index (χ3n) is 7.01. The molecule has 2 atom stereocenters.